The zero-order valence-corrected chi connectivity index (χ0v) is 7.60. The van der Waals surface area contributed by atoms with Gasteiger partial charge in [-0.15, -0.1) is 11.3 Å². The van der Waals surface area contributed by atoms with Crippen molar-refractivity contribution in [1.82, 2.24) is 0 Å². The Kier molecular flexibility index (Phi) is 2.11. The number of carbonyl (C=O) groups is 1. The average molecular weight is 186 g/mol. The van der Waals surface area contributed by atoms with Crippen LogP contribution in [0.4, 0.5) is 0 Å². The molecule has 0 aliphatic rings. The molecule has 2 rings (SSSR count). The summed E-state index contributed by atoms with van der Waals surface area (Å²) in [6, 6.07) is 7.96. The number of fused-ring (bicyclic) bond motifs is 1. The first-order chi connectivity index (χ1) is 6.42. The Morgan fingerprint density at radius 1 is 1.31 bits per heavy atom. The van der Waals surface area contributed by atoms with Crippen LogP contribution in [0.15, 0.2) is 29.6 Å². The summed E-state index contributed by atoms with van der Waals surface area (Å²) < 4.78 is 1.15. The monoisotopic (exact) mass is 186 g/mol. The van der Waals surface area contributed by atoms with Crippen molar-refractivity contribution in [3.63, 3.8) is 0 Å². The number of aldehydes is 1. The Bertz CT molecular complexity index is 499. The van der Waals surface area contributed by atoms with E-state index in [1.165, 1.54) is 5.39 Å². The number of carbonyl (C=O) groups excluding carboxylic acids is 1. The van der Waals surface area contributed by atoms with Gasteiger partial charge in [0, 0.05) is 10.3 Å². The van der Waals surface area contributed by atoms with Crippen molar-refractivity contribution in [2.45, 2.75) is 0 Å². The lowest BCUT2D eigenvalue weighted by atomic mass is 10.2. The van der Waals surface area contributed by atoms with Crippen LogP contribution in [0.5, 0.6) is 0 Å². The third-order valence-corrected chi connectivity index (χ3v) is 2.71. The van der Waals surface area contributed by atoms with Crippen molar-refractivity contribution in [1.29, 1.82) is 0 Å². The molecule has 0 aliphatic heterocycles. The Morgan fingerprint density at radius 2 is 2.23 bits per heavy atom. The third-order valence-electron chi connectivity index (χ3n) is 1.74. The smallest absolute Gasteiger partial charge is 0.193 e. The quantitative estimate of drug-likeness (QED) is 0.456. The van der Waals surface area contributed by atoms with Crippen LogP contribution in [0.25, 0.3) is 10.1 Å². The predicted octanol–water partition coefficient (Wildman–Crippen LogP) is 2.45. The summed E-state index contributed by atoms with van der Waals surface area (Å²) in [7, 11) is 0. The molecule has 0 saturated heterocycles. The number of rotatable bonds is 0. The van der Waals surface area contributed by atoms with Crippen LogP contribution in [0.1, 0.15) is 5.56 Å². The van der Waals surface area contributed by atoms with Crippen molar-refractivity contribution in [2.24, 2.45) is 0 Å². The van der Waals surface area contributed by atoms with E-state index in [1.54, 1.807) is 11.3 Å². The van der Waals surface area contributed by atoms with Crippen LogP contribution in [0.2, 0.25) is 0 Å². The summed E-state index contributed by atoms with van der Waals surface area (Å²) >= 11 is 1.65. The van der Waals surface area contributed by atoms with Gasteiger partial charge in [-0.2, -0.15) is 0 Å². The Labute approximate surface area is 80.0 Å². The van der Waals surface area contributed by atoms with Crippen LogP contribution >= 0.6 is 11.3 Å². The summed E-state index contributed by atoms with van der Waals surface area (Å²) in [5.41, 5.74) is 0.930. The van der Waals surface area contributed by atoms with Gasteiger partial charge in [0.25, 0.3) is 0 Å². The number of hydrogen-bond donors (Lipinski definition) is 0. The zero-order valence-electron chi connectivity index (χ0n) is 6.78. The minimum Gasteiger partial charge on any atom is -0.289 e. The first-order valence-electron chi connectivity index (χ1n) is 3.83. The van der Waals surface area contributed by atoms with E-state index in [4.69, 9.17) is 0 Å². The highest BCUT2D eigenvalue weighted by molar-refractivity contribution is 7.17. The van der Waals surface area contributed by atoms with Crippen molar-refractivity contribution >= 4 is 27.7 Å². The average Bonchev–Trinajstić information content (AvgIpc) is 2.62. The molecule has 0 atom stereocenters. The molecule has 0 N–H and O–H groups in total. The van der Waals surface area contributed by atoms with Crippen LogP contribution < -0.4 is 0 Å². The minimum absolute atomic E-state index is 0.617. The van der Waals surface area contributed by atoms with Gasteiger partial charge in [0.2, 0.25) is 0 Å². The SMILES string of the molecule is O=CC#Cc1cccc2ccsc12. The molecule has 2 aromatic rings. The molecular formula is C11H6OS. The first kappa shape index (κ1) is 8.03. The number of benzene rings is 1. The van der Waals surface area contributed by atoms with Crippen LogP contribution in [0, 0.1) is 11.8 Å². The van der Waals surface area contributed by atoms with Crippen molar-refractivity contribution in [3.8, 4) is 11.8 Å². The molecule has 0 radical (unpaired) electrons. The van der Waals surface area contributed by atoms with Gasteiger partial charge in [-0.1, -0.05) is 18.1 Å². The van der Waals surface area contributed by atoms with Crippen molar-refractivity contribution in [3.05, 3.63) is 35.2 Å². The van der Waals surface area contributed by atoms with E-state index >= 15 is 0 Å². The Hall–Kier alpha value is -1.59. The molecule has 13 heavy (non-hydrogen) atoms. The molecule has 0 bridgehead atoms. The highest BCUT2D eigenvalue weighted by Gasteiger charge is 1.97. The van der Waals surface area contributed by atoms with Gasteiger partial charge in [-0.3, -0.25) is 4.79 Å². The molecule has 1 heterocycles. The van der Waals surface area contributed by atoms with Crippen LogP contribution in [-0.4, -0.2) is 6.29 Å². The van der Waals surface area contributed by atoms with E-state index in [9.17, 15) is 4.79 Å². The maximum absolute atomic E-state index is 10.1. The van der Waals surface area contributed by atoms with E-state index in [2.05, 4.69) is 11.8 Å². The second kappa shape index (κ2) is 3.42. The molecule has 2 heteroatoms. The van der Waals surface area contributed by atoms with Gasteiger partial charge in [-0.05, 0) is 28.8 Å². The fraction of sp³-hybridized carbons (Fsp3) is 0. The fourth-order valence-electron chi connectivity index (χ4n) is 1.20. The Balaban J connectivity index is 2.67. The second-order valence-electron chi connectivity index (χ2n) is 2.53. The summed E-state index contributed by atoms with van der Waals surface area (Å²) in [5, 5.41) is 3.21. The van der Waals surface area contributed by atoms with Gasteiger partial charge in [0.1, 0.15) is 0 Å². The van der Waals surface area contributed by atoms with E-state index in [1.807, 2.05) is 29.6 Å². The molecule has 0 aliphatic carbocycles. The first-order valence-corrected chi connectivity index (χ1v) is 4.71. The second-order valence-corrected chi connectivity index (χ2v) is 3.45. The standard InChI is InChI=1S/C11H6OS/c12-7-2-5-9-3-1-4-10-6-8-13-11(9)10/h1,3-4,6-8H. The van der Waals surface area contributed by atoms with Gasteiger partial charge in [0.15, 0.2) is 6.29 Å². The highest BCUT2D eigenvalue weighted by Crippen LogP contribution is 2.23. The van der Waals surface area contributed by atoms with Crippen LogP contribution in [-0.2, 0) is 4.79 Å². The summed E-state index contributed by atoms with van der Waals surface area (Å²) in [6.07, 6.45) is 0.617. The largest absolute Gasteiger partial charge is 0.289 e. The summed E-state index contributed by atoms with van der Waals surface area (Å²) in [5.74, 6) is 5.24. The fourth-order valence-corrected chi connectivity index (χ4v) is 2.07. The maximum atomic E-state index is 10.1. The molecule has 0 fully saturated rings. The molecule has 62 valence electrons. The van der Waals surface area contributed by atoms with Gasteiger partial charge < -0.3 is 0 Å². The summed E-state index contributed by atoms with van der Waals surface area (Å²) in [4.78, 5) is 10.1. The molecule has 0 amide bonds. The number of hydrogen-bond acceptors (Lipinski definition) is 2. The predicted molar refractivity (Wildman–Crippen MR) is 54.8 cm³/mol. The van der Waals surface area contributed by atoms with Gasteiger partial charge in [0.05, 0.1) is 0 Å². The molecule has 0 saturated carbocycles. The molecular weight excluding hydrogens is 180 g/mol. The van der Waals surface area contributed by atoms with Gasteiger partial charge in [-0.25, -0.2) is 0 Å². The lowest BCUT2D eigenvalue weighted by Crippen LogP contribution is -1.73. The molecule has 1 nitrogen and oxygen atoms in total. The third kappa shape index (κ3) is 1.47. The van der Waals surface area contributed by atoms with Gasteiger partial charge >= 0.3 is 0 Å². The maximum Gasteiger partial charge on any atom is 0.193 e. The minimum atomic E-state index is 0.617. The van der Waals surface area contributed by atoms with E-state index in [0.717, 1.165) is 10.3 Å². The number of thiophene rings is 1. The lowest BCUT2D eigenvalue weighted by molar-refractivity contribution is -0.103. The Morgan fingerprint density at radius 3 is 3.08 bits per heavy atom. The summed E-state index contributed by atoms with van der Waals surface area (Å²) in [6.45, 7) is 0. The van der Waals surface area contributed by atoms with E-state index in [-0.39, 0.29) is 0 Å². The van der Waals surface area contributed by atoms with Crippen molar-refractivity contribution < 1.29 is 4.79 Å². The van der Waals surface area contributed by atoms with Crippen molar-refractivity contribution in [2.75, 3.05) is 0 Å². The highest BCUT2D eigenvalue weighted by atomic mass is 32.1. The van der Waals surface area contributed by atoms with Crippen LogP contribution in [0.3, 0.4) is 0 Å². The molecule has 1 aromatic carbocycles. The van der Waals surface area contributed by atoms with E-state index in [0.29, 0.717) is 6.29 Å². The molecule has 0 spiro atoms. The lowest BCUT2D eigenvalue weighted by Gasteiger charge is -1.91. The zero-order chi connectivity index (χ0) is 9.10. The van der Waals surface area contributed by atoms with E-state index < -0.39 is 0 Å². The molecule has 0 unspecified atom stereocenters. The topological polar surface area (TPSA) is 17.1 Å². The normalized spacial score (nSPS) is 9.23. The molecule has 1 aromatic heterocycles.